The molecule has 0 bridgehead atoms. The second kappa shape index (κ2) is 5.63. The van der Waals surface area contributed by atoms with Gasteiger partial charge in [-0.1, -0.05) is 6.07 Å². The smallest absolute Gasteiger partial charge is 0.259 e. The van der Waals surface area contributed by atoms with Crippen molar-refractivity contribution in [1.82, 2.24) is 4.90 Å². The lowest BCUT2D eigenvalue weighted by atomic mass is 10.1. The first-order valence-electron chi connectivity index (χ1n) is 5.29. The Hall–Kier alpha value is -1.62. The molecule has 0 radical (unpaired) electrons. The standard InChI is InChI=1S/C12H17FN2O2/c1-8(14)10-5-4-9(6-11(10)13)17-7-12(16)15(2)3/h4-6,8H,7,14H2,1-3H3/t8-/m1/s1. The predicted molar refractivity (Wildman–Crippen MR) is 63.2 cm³/mol. The molecule has 2 N–H and O–H groups in total. The normalized spacial score (nSPS) is 12.1. The summed E-state index contributed by atoms with van der Waals surface area (Å²) in [5.74, 6) is -0.279. The Morgan fingerprint density at radius 1 is 1.53 bits per heavy atom. The van der Waals surface area contributed by atoms with Crippen molar-refractivity contribution in [3.05, 3.63) is 29.6 Å². The van der Waals surface area contributed by atoms with E-state index in [1.54, 1.807) is 33.2 Å². The molecule has 0 aliphatic rings. The Morgan fingerprint density at radius 2 is 2.18 bits per heavy atom. The third kappa shape index (κ3) is 3.71. The number of hydrogen-bond acceptors (Lipinski definition) is 3. The fourth-order valence-electron chi connectivity index (χ4n) is 1.24. The maximum atomic E-state index is 13.5. The molecule has 1 aromatic rings. The minimum Gasteiger partial charge on any atom is -0.484 e. The molecular weight excluding hydrogens is 223 g/mol. The van der Waals surface area contributed by atoms with Gasteiger partial charge in [0.15, 0.2) is 6.61 Å². The van der Waals surface area contributed by atoms with Gasteiger partial charge < -0.3 is 15.4 Å². The van der Waals surface area contributed by atoms with Crippen LogP contribution in [0.1, 0.15) is 18.5 Å². The molecule has 0 unspecified atom stereocenters. The lowest BCUT2D eigenvalue weighted by molar-refractivity contribution is -0.130. The van der Waals surface area contributed by atoms with E-state index in [-0.39, 0.29) is 18.6 Å². The molecular formula is C12H17FN2O2. The highest BCUT2D eigenvalue weighted by Gasteiger charge is 2.09. The van der Waals surface area contributed by atoms with Gasteiger partial charge in [-0.25, -0.2) is 4.39 Å². The average molecular weight is 240 g/mol. The van der Waals surface area contributed by atoms with E-state index >= 15 is 0 Å². The SMILES string of the molecule is C[C@@H](N)c1ccc(OCC(=O)N(C)C)cc1F. The summed E-state index contributed by atoms with van der Waals surface area (Å²) in [6, 6.07) is 4.04. The van der Waals surface area contributed by atoms with Gasteiger partial charge in [0.25, 0.3) is 5.91 Å². The first kappa shape index (κ1) is 13.4. The van der Waals surface area contributed by atoms with Crippen molar-refractivity contribution < 1.29 is 13.9 Å². The second-order valence-electron chi connectivity index (χ2n) is 4.05. The zero-order valence-corrected chi connectivity index (χ0v) is 10.2. The maximum Gasteiger partial charge on any atom is 0.259 e. The number of benzene rings is 1. The summed E-state index contributed by atoms with van der Waals surface area (Å²) < 4.78 is 18.7. The van der Waals surface area contributed by atoms with Gasteiger partial charge in [-0.05, 0) is 13.0 Å². The topological polar surface area (TPSA) is 55.6 Å². The number of nitrogens with zero attached hydrogens (tertiary/aromatic N) is 1. The van der Waals surface area contributed by atoms with Gasteiger partial charge in [0.05, 0.1) is 0 Å². The lowest BCUT2D eigenvalue weighted by Gasteiger charge is -2.12. The molecule has 0 saturated heterocycles. The molecule has 0 saturated carbocycles. The van der Waals surface area contributed by atoms with Crippen LogP contribution < -0.4 is 10.5 Å². The summed E-state index contributed by atoms with van der Waals surface area (Å²) in [7, 11) is 3.26. The minimum atomic E-state index is -0.421. The van der Waals surface area contributed by atoms with Crippen molar-refractivity contribution in [2.75, 3.05) is 20.7 Å². The number of likely N-dealkylation sites (N-methyl/N-ethyl adjacent to an activating group) is 1. The molecule has 0 aromatic heterocycles. The second-order valence-corrected chi connectivity index (χ2v) is 4.05. The Morgan fingerprint density at radius 3 is 2.65 bits per heavy atom. The Labute approximate surface area is 100 Å². The van der Waals surface area contributed by atoms with Crippen LogP contribution >= 0.6 is 0 Å². The number of carbonyl (C=O) groups excluding carboxylic acids is 1. The van der Waals surface area contributed by atoms with E-state index in [1.165, 1.54) is 11.0 Å². The van der Waals surface area contributed by atoms with Crippen molar-refractivity contribution in [3.8, 4) is 5.75 Å². The van der Waals surface area contributed by atoms with Crippen LogP contribution in [0.25, 0.3) is 0 Å². The molecule has 0 aliphatic heterocycles. The highest BCUT2D eigenvalue weighted by Crippen LogP contribution is 2.20. The van der Waals surface area contributed by atoms with Crippen LogP contribution in [0.15, 0.2) is 18.2 Å². The van der Waals surface area contributed by atoms with E-state index < -0.39 is 5.82 Å². The van der Waals surface area contributed by atoms with Crippen LogP contribution in [-0.2, 0) is 4.79 Å². The van der Waals surface area contributed by atoms with Gasteiger partial charge in [-0.15, -0.1) is 0 Å². The average Bonchev–Trinajstić information content (AvgIpc) is 2.25. The summed E-state index contributed by atoms with van der Waals surface area (Å²) in [5, 5.41) is 0. The van der Waals surface area contributed by atoms with Gasteiger partial charge in [0.1, 0.15) is 11.6 Å². The molecule has 1 aromatic carbocycles. The Balaban J connectivity index is 2.68. The molecule has 0 fully saturated rings. The van der Waals surface area contributed by atoms with Crippen LogP contribution in [0.4, 0.5) is 4.39 Å². The molecule has 5 heteroatoms. The fourth-order valence-corrected chi connectivity index (χ4v) is 1.24. The van der Waals surface area contributed by atoms with Crippen molar-refractivity contribution in [1.29, 1.82) is 0 Å². The molecule has 94 valence electrons. The molecule has 4 nitrogen and oxygen atoms in total. The monoisotopic (exact) mass is 240 g/mol. The van der Waals surface area contributed by atoms with Crippen molar-refractivity contribution in [3.63, 3.8) is 0 Å². The first-order chi connectivity index (χ1) is 7.91. The minimum absolute atomic E-state index is 0.107. The van der Waals surface area contributed by atoms with Crippen LogP contribution in [0.3, 0.4) is 0 Å². The van der Waals surface area contributed by atoms with E-state index in [0.717, 1.165) is 0 Å². The quantitative estimate of drug-likeness (QED) is 0.863. The van der Waals surface area contributed by atoms with E-state index in [0.29, 0.717) is 11.3 Å². The molecule has 0 spiro atoms. The molecule has 1 rings (SSSR count). The predicted octanol–water partition coefficient (Wildman–Crippen LogP) is 1.31. The number of rotatable bonds is 4. The van der Waals surface area contributed by atoms with Gasteiger partial charge >= 0.3 is 0 Å². The largest absolute Gasteiger partial charge is 0.484 e. The third-order valence-corrected chi connectivity index (χ3v) is 2.32. The third-order valence-electron chi connectivity index (χ3n) is 2.32. The van der Waals surface area contributed by atoms with Crippen molar-refractivity contribution in [2.45, 2.75) is 13.0 Å². The van der Waals surface area contributed by atoms with Crippen LogP contribution in [0.2, 0.25) is 0 Å². The molecule has 0 heterocycles. The Bertz CT molecular complexity index is 405. The number of amides is 1. The number of ether oxygens (including phenoxy) is 1. The number of carbonyl (C=O) groups is 1. The fraction of sp³-hybridized carbons (Fsp3) is 0.417. The van der Waals surface area contributed by atoms with E-state index in [4.69, 9.17) is 10.5 Å². The van der Waals surface area contributed by atoms with Crippen molar-refractivity contribution >= 4 is 5.91 Å². The van der Waals surface area contributed by atoms with Gasteiger partial charge in [0, 0.05) is 31.8 Å². The maximum absolute atomic E-state index is 13.5. The Kier molecular flexibility index (Phi) is 4.45. The zero-order valence-electron chi connectivity index (χ0n) is 10.2. The van der Waals surface area contributed by atoms with E-state index in [2.05, 4.69) is 0 Å². The van der Waals surface area contributed by atoms with Gasteiger partial charge in [0.2, 0.25) is 0 Å². The summed E-state index contributed by atoms with van der Waals surface area (Å²) in [4.78, 5) is 12.7. The van der Waals surface area contributed by atoms with Crippen LogP contribution in [0.5, 0.6) is 5.75 Å². The highest BCUT2D eigenvalue weighted by molar-refractivity contribution is 5.77. The summed E-state index contributed by atoms with van der Waals surface area (Å²) in [6.07, 6.45) is 0. The van der Waals surface area contributed by atoms with Crippen LogP contribution in [-0.4, -0.2) is 31.5 Å². The molecule has 1 amide bonds. The van der Waals surface area contributed by atoms with E-state index in [1.807, 2.05) is 0 Å². The highest BCUT2D eigenvalue weighted by atomic mass is 19.1. The van der Waals surface area contributed by atoms with Gasteiger partial charge in [-0.2, -0.15) is 0 Å². The summed E-state index contributed by atoms with van der Waals surface area (Å²) in [5.41, 5.74) is 6.01. The summed E-state index contributed by atoms with van der Waals surface area (Å²) in [6.45, 7) is 1.60. The van der Waals surface area contributed by atoms with Crippen LogP contribution in [0, 0.1) is 5.82 Å². The molecule has 0 aliphatic carbocycles. The van der Waals surface area contributed by atoms with E-state index in [9.17, 15) is 9.18 Å². The zero-order chi connectivity index (χ0) is 13.0. The number of halogens is 1. The lowest BCUT2D eigenvalue weighted by Crippen LogP contribution is -2.27. The molecule has 17 heavy (non-hydrogen) atoms. The van der Waals surface area contributed by atoms with Crippen molar-refractivity contribution in [2.24, 2.45) is 5.73 Å². The van der Waals surface area contributed by atoms with Gasteiger partial charge in [-0.3, -0.25) is 4.79 Å². The number of nitrogens with two attached hydrogens (primary N) is 1. The molecule has 1 atom stereocenters. The first-order valence-corrected chi connectivity index (χ1v) is 5.29. The number of hydrogen-bond donors (Lipinski definition) is 1. The summed E-state index contributed by atoms with van der Waals surface area (Å²) >= 11 is 0.